The number of hydrogen-bond acceptors (Lipinski definition) is 2. The number of likely N-dealkylation sites (N-methyl/N-ethyl adjacent to an activating group) is 1. The summed E-state index contributed by atoms with van der Waals surface area (Å²) in [5.74, 6) is -0.532. The summed E-state index contributed by atoms with van der Waals surface area (Å²) in [5, 5.41) is 8.63. The van der Waals surface area contributed by atoms with E-state index in [9.17, 15) is 9.59 Å². The summed E-state index contributed by atoms with van der Waals surface area (Å²) in [7, 11) is 0. The van der Waals surface area contributed by atoms with Crippen molar-refractivity contribution < 1.29 is 19.2 Å². The highest BCUT2D eigenvalue weighted by molar-refractivity contribution is 5.72. The van der Waals surface area contributed by atoms with Crippen molar-refractivity contribution in [1.29, 1.82) is 0 Å². The predicted molar refractivity (Wildman–Crippen MR) is 60.7 cm³/mol. The number of nitrogens with zero attached hydrogens (tertiary/aromatic N) is 1. The molecule has 0 spiro atoms. The Morgan fingerprint density at radius 1 is 1.00 bits per heavy atom. The van der Waals surface area contributed by atoms with E-state index >= 15 is 0 Å². The molecule has 15 heavy (non-hydrogen) atoms. The molecule has 1 N–H and O–H groups in total. The van der Waals surface area contributed by atoms with Gasteiger partial charge in [-0.25, -0.2) is 4.79 Å². The summed E-state index contributed by atoms with van der Waals surface area (Å²) in [6, 6.07) is 0. The normalized spacial score (nSPS) is 10.2. The fourth-order valence-corrected chi connectivity index (χ4v) is 1.29. The standard InChI is InChI=1S/C8H17NO2.C3H6O/c1-4-9(5-2,6-3)7-8(10)11;1-3(2)4/h4-7H2,1-3H3;1-2H3/p+1. The summed E-state index contributed by atoms with van der Waals surface area (Å²) < 4.78 is 0.690. The van der Waals surface area contributed by atoms with Crippen LogP contribution in [0.3, 0.4) is 0 Å². The first-order valence-corrected chi connectivity index (χ1v) is 5.37. The van der Waals surface area contributed by atoms with E-state index < -0.39 is 5.97 Å². The molecule has 0 aromatic heterocycles. The maximum atomic E-state index is 10.5. The maximum absolute atomic E-state index is 10.5. The second-order valence-corrected chi connectivity index (χ2v) is 3.75. The fourth-order valence-electron chi connectivity index (χ4n) is 1.29. The topological polar surface area (TPSA) is 54.4 Å². The van der Waals surface area contributed by atoms with Crippen molar-refractivity contribution in [2.24, 2.45) is 0 Å². The number of ketones is 1. The number of aliphatic carboxylic acids is 1. The molecule has 0 bridgehead atoms. The van der Waals surface area contributed by atoms with Crippen molar-refractivity contribution in [3.8, 4) is 0 Å². The van der Waals surface area contributed by atoms with E-state index in [0.717, 1.165) is 19.6 Å². The van der Waals surface area contributed by atoms with E-state index in [1.165, 1.54) is 13.8 Å². The number of carboxylic acid groups (broad SMARTS) is 1. The van der Waals surface area contributed by atoms with Gasteiger partial charge in [-0.15, -0.1) is 0 Å². The lowest BCUT2D eigenvalue weighted by atomic mass is 10.3. The van der Waals surface area contributed by atoms with E-state index in [2.05, 4.69) is 0 Å². The van der Waals surface area contributed by atoms with Gasteiger partial charge in [0.1, 0.15) is 5.78 Å². The molecule has 0 rings (SSSR count). The quantitative estimate of drug-likeness (QED) is 0.712. The van der Waals surface area contributed by atoms with Crippen LogP contribution in [0, 0.1) is 0 Å². The average Bonchev–Trinajstić information content (AvgIpc) is 2.13. The van der Waals surface area contributed by atoms with E-state index in [4.69, 9.17) is 5.11 Å². The molecule has 4 nitrogen and oxygen atoms in total. The molecule has 4 heteroatoms. The maximum Gasteiger partial charge on any atom is 0.359 e. The molecule has 0 atom stereocenters. The third kappa shape index (κ3) is 9.41. The van der Waals surface area contributed by atoms with E-state index in [1.807, 2.05) is 20.8 Å². The molecule has 0 saturated heterocycles. The van der Waals surface area contributed by atoms with E-state index in [-0.39, 0.29) is 12.3 Å². The third-order valence-corrected chi connectivity index (χ3v) is 2.48. The van der Waals surface area contributed by atoms with E-state index in [0.29, 0.717) is 4.48 Å². The summed E-state index contributed by atoms with van der Waals surface area (Å²) in [6.45, 7) is 12.1. The number of quaternary nitrogens is 1. The van der Waals surface area contributed by atoms with Gasteiger partial charge in [-0.05, 0) is 34.6 Å². The molecular weight excluding hydrogens is 194 g/mol. The third-order valence-electron chi connectivity index (χ3n) is 2.48. The number of rotatable bonds is 5. The van der Waals surface area contributed by atoms with Gasteiger partial charge in [-0.3, -0.25) is 0 Å². The lowest BCUT2D eigenvalue weighted by molar-refractivity contribution is -0.916. The summed E-state index contributed by atoms with van der Waals surface area (Å²) in [6.07, 6.45) is 0. The molecule has 0 aliphatic carbocycles. The van der Waals surface area contributed by atoms with E-state index in [1.54, 1.807) is 0 Å². The van der Waals surface area contributed by atoms with Gasteiger partial charge in [0, 0.05) is 0 Å². The van der Waals surface area contributed by atoms with Crippen LogP contribution in [0.5, 0.6) is 0 Å². The molecule has 90 valence electrons. The SMILES string of the molecule is CC(C)=O.CC[N+](CC)(CC)CC(=O)O. The van der Waals surface area contributed by atoms with Gasteiger partial charge >= 0.3 is 5.97 Å². The Balaban J connectivity index is 0. The second kappa shape index (κ2) is 8.41. The van der Waals surface area contributed by atoms with Gasteiger partial charge in [-0.1, -0.05) is 0 Å². The van der Waals surface area contributed by atoms with Gasteiger partial charge in [0.2, 0.25) is 0 Å². The Bertz CT molecular complexity index is 186. The van der Waals surface area contributed by atoms with Crippen LogP contribution in [-0.4, -0.2) is 47.5 Å². The lowest BCUT2D eigenvalue weighted by Gasteiger charge is -2.33. The first kappa shape index (κ1) is 16.5. The molecule has 0 unspecified atom stereocenters. The zero-order chi connectivity index (χ0) is 12.5. The monoisotopic (exact) mass is 218 g/mol. The van der Waals surface area contributed by atoms with Gasteiger partial charge < -0.3 is 14.4 Å². The van der Waals surface area contributed by atoms with Gasteiger partial charge in [0.15, 0.2) is 6.54 Å². The minimum absolute atomic E-state index is 0.167. The molecule has 0 aromatic carbocycles. The molecule has 0 aliphatic heterocycles. The Labute approximate surface area is 92.5 Å². The molecular formula is C11H24NO3+. The van der Waals surface area contributed by atoms with Gasteiger partial charge in [-0.2, -0.15) is 0 Å². The number of Topliss-reactive ketones (excluding diaryl/α,β-unsaturated/α-hetero) is 1. The van der Waals surface area contributed by atoms with Crippen LogP contribution >= 0.6 is 0 Å². The molecule has 0 heterocycles. The van der Waals surface area contributed by atoms with Crippen LogP contribution in [0.25, 0.3) is 0 Å². The van der Waals surface area contributed by atoms with Crippen LogP contribution in [0.2, 0.25) is 0 Å². The fraction of sp³-hybridized carbons (Fsp3) is 0.818. The zero-order valence-electron chi connectivity index (χ0n) is 10.5. The Hall–Kier alpha value is -0.900. The van der Waals surface area contributed by atoms with Crippen LogP contribution in [-0.2, 0) is 9.59 Å². The number of carbonyl (C=O) groups excluding carboxylic acids is 1. The summed E-state index contributed by atoms with van der Waals surface area (Å²) in [4.78, 5) is 19.9. The molecule has 0 amide bonds. The van der Waals surface area contributed by atoms with Crippen molar-refractivity contribution in [3.63, 3.8) is 0 Å². The lowest BCUT2D eigenvalue weighted by Crippen LogP contribution is -2.50. The minimum atomic E-state index is -0.699. The highest BCUT2D eigenvalue weighted by Gasteiger charge is 2.23. The highest BCUT2D eigenvalue weighted by atomic mass is 16.4. The molecule has 0 aromatic rings. The minimum Gasteiger partial charge on any atom is -0.477 e. The van der Waals surface area contributed by atoms with Crippen molar-refractivity contribution in [3.05, 3.63) is 0 Å². The molecule has 0 saturated carbocycles. The second-order valence-electron chi connectivity index (χ2n) is 3.75. The van der Waals surface area contributed by atoms with Gasteiger partial charge in [0.05, 0.1) is 19.6 Å². The first-order valence-electron chi connectivity index (χ1n) is 5.37. The number of carbonyl (C=O) groups is 2. The van der Waals surface area contributed by atoms with Crippen molar-refractivity contribution in [2.45, 2.75) is 34.6 Å². The first-order chi connectivity index (χ1) is 6.83. The van der Waals surface area contributed by atoms with Crippen LogP contribution in [0.1, 0.15) is 34.6 Å². The Morgan fingerprint density at radius 3 is 1.33 bits per heavy atom. The summed E-state index contributed by atoms with van der Waals surface area (Å²) in [5.41, 5.74) is 0. The molecule has 0 fully saturated rings. The molecule has 0 aliphatic rings. The van der Waals surface area contributed by atoms with Gasteiger partial charge in [0.25, 0.3) is 0 Å². The zero-order valence-corrected chi connectivity index (χ0v) is 10.5. The van der Waals surface area contributed by atoms with Crippen molar-refractivity contribution in [2.75, 3.05) is 26.2 Å². The smallest absolute Gasteiger partial charge is 0.359 e. The largest absolute Gasteiger partial charge is 0.477 e. The van der Waals surface area contributed by atoms with Crippen molar-refractivity contribution >= 4 is 11.8 Å². The predicted octanol–water partition coefficient (Wildman–Crippen LogP) is 1.54. The number of hydrogen-bond donors (Lipinski definition) is 1. The van der Waals surface area contributed by atoms with Crippen molar-refractivity contribution in [1.82, 2.24) is 0 Å². The average molecular weight is 218 g/mol. The highest BCUT2D eigenvalue weighted by Crippen LogP contribution is 2.04. The van der Waals surface area contributed by atoms with Crippen LogP contribution in [0.15, 0.2) is 0 Å². The Kier molecular flexibility index (Phi) is 9.27. The van der Waals surface area contributed by atoms with Crippen LogP contribution in [0.4, 0.5) is 0 Å². The van der Waals surface area contributed by atoms with Crippen LogP contribution < -0.4 is 0 Å². The molecule has 0 radical (unpaired) electrons. The number of carboxylic acids is 1. The summed E-state index contributed by atoms with van der Waals surface area (Å²) >= 11 is 0. The Morgan fingerprint density at radius 2 is 1.27 bits per heavy atom.